The number of ketones is 1. The minimum absolute atomic E-state index is 0.0563. The number of ether oxygens (including phenoxy) is 1. The lowest BCUT2D eigenvalue weighted by atomic mass is 9.48. The second kappa shape index (κ2) is 4.82. The monoisotopic (exact) mass is 358 g/mol. The van der Waals surface area contributed by atoms with Crippen molar-refractivity contribution in [2.24, 2.45) is 5.92 Å². The zero-order chi connectivity index (χ0) is 18.5. The van der Waals surface area contributed by atoms with Crippen molar-refractivity contribution in [3.05, 3.63) is 23.3 Å². The molecule has 5 heteroatoms. The van der Waals surface area contributed by atoms with E-state index in [-0.39, 0.29) is 17.6 Å². The Balaban J connectivity index is 1.77. The van der Waals surface area contributed by atoms with Crippen LogP contribution in [0.15, 0.2) is 12.1 Å². The van der Waals surface area contributed by atoms with Gasteiger partial charge in [0.2, 0.25) is 0 Å². The second-order valence-corrected chi connectivity index (χ2v) is 9.56. The Morgan fingerprint density at radius 1 is 1.35 bits per heavy atom. The number of carbonyl (C=O) groups is 1. The van der Waals surface area contributed by atoms with Gasteiger partial charge in [0.25, 0.3) is 0 Å². The fraction of sp³-hybridized carbons (Fsp3) is 0.667. The van der Waals surface area contributed by atoms with Crippen LogP contribution in [0.5, 0.6) is 11.5 Å². The second-order valence-electron chi connectivity index (χ2n) is 9.56. The number of nitrogens with zero attached hydrogens (tertiary/aromatic N) is 1. The molecule has 0 radical (unpaired) electrons. The number of Topliss-reactive ketones (excluding diaryl/α,β-unsaturated/α-hetero) is 1. The molecular weight excluding hydrogens is 330 g/mol. The third-order valence-corrected chi connectivity index (χ3v) is 7.69. The number of likely N-dealkylation sites (N-methyl/N-ethyl adjacent to an activating group) is 1. The van der Waals surface area contributed by atoms with E-state index in [0.717, 1.165) is 41.5 Å². The number of rotatable bonds is 2. The average molecular weight is 358 g/mol. The van der Waals surface area contributed by atoms with Crippen LogP contribution in [0.4, 0.5) is 0 Å². The molecule has 2 fully saturated rings. The zero-order valence-electron chi connectivity index (χ0n) is 15.8. The van der Waals surface area contributed by atoms with E-state index in [0.29, 0.717) is 24.5 Å². The molecule has 5 atom stereocenters. The largest absolute Gasteiger partial charge is 0.504 e. The number of phenols is 1. The summed E-state index contributed by atoms with van der Waals surface area (Å²) < 4.78 is 6.91. The first-order valence-corrected chi connectivity index (χ1v) is 9.84. The van der Waals surface area contributed by atoms with Gasteiger partial charge in [-0.25, -0.2) is 0 Å². The predicted molar refractivity (Wildman–Crippen MR) is 96.3 cm³/mol. The number of hydrogen-bond donors (Lipinski definition) is 2. The molecule has 1 aromatic rings. The summed E-state index contributed by atoms with van der Waals surface area (Å²) >= 11 is 0. The summed E-state index contributed by atoms with van der Waals surface area (Å²) in [7, 11) is 2.27. The number of aromatic hydroxyl groups is 1. The molecule has 26 heavy (non-hydrogen) atoms. The summed E-state index contributed by atoms with van der Waals surface area (Å²) in [5.41, 5.74) is 0.408. The molecule has 2 aliphatic heterocycles. The van der Waals surface area contributed by atoms with E-state index < -0.39 is 17.1 Å². The molecule has 1 aromatic carbocycles. The summed E-state index contributed by atoms with van der Waals surface area (Å²) in [4.78, 5) is 12.8. The van der Waals surface area contributed by atoms with Crippen LogP contribution in [0.3, 0.4) is 0 Å². The molecule has 1 spiro atoms. The Hall–Kier alpha value is -1.59. The highest BCUT2D eigenvalue weighted by atomic mass is 16.5. The van der Waals surface area contributed by atoms with E-state index in [4.69, 9.17) is 4.74 Å². The number of carbonyl (C=O) groups excluding carboxylic acids is 1. The number of quaternary nitrogens is 1. The summed E-state index contributed by atoms with van der Waals surface area (Å²) in [6.45, 7) is 6.41. The lowest BCUT2D eigenvalue weighted by Crippen LogP contribution is -2.81. The summed E-state index contributed by atoms with van der Waals surface area (Å²) in [6, 6.07) is 3.71. The molecule has 1 saturated carbocycles. The van der Waals surface area contributed by atoms with Crippen LogP contribution in [-0.4, -0.2) is 58.4 Å². The molecule has 140 valence electrons. The number of piperidine rings is 1. The van der Waals surface area contributed by atoms with E-state index >= 15 is 0 Å². The van der Waals surface area contributed by atoms with Crippen molar-refractivity contribution >= 4 is 5.78 Å². The van der Waals surface area contributed by atoms with Gasteiger partial charge < -0.3 is 19.4 Å². The van der Waals surface area contributed by atoms with Gasteiger partial charge in [-0.1, -0.05) is 19.9 Å². The standard InChI is InChI=1S/C21H27NO4/c1-12(2)11-22(3)9-8-20-17-13-4-5-14(23)18(17)26-19(20)15(24)6-7-21(20,25)16(22)10-13/h4-5,12,16,19,25H,6-11H2,1-3H3/p+1/t16-,19+,20+,21?,22?/m1/s1. The minimum atomic E-state index is -0.959. The highest BCUT2D eigenvalue weighted by Crippen LogP contribution is 2.65. The Bertz CT molecular complexity index is 820. The van der Waals surface area contributed by atoms with Crippen molar-refractivity contribution in [2.75, 3.05) is 20.1 Å². The van der Waals surface area contributed by atoms with E-state index in [1.165, 1.54) is 0 Å². The Labute approximate surface area is 154 Å². The Morgan fingerprint density at radius 3 is 2.85 bits per heavy atom. The Kier molecular flexibility index (Phi) is 3.07. The predicted octanol–water partition coefficient (Wildman–Crippen LogP) is 1.92. The quantitative estimate of drug-likeness (QED) is 0.793. The van der Waals surface area contributed by atoms with Crippen molar-refractivity contribution in [2.45, 2.75) is 62.7 Å². The fourth-order valence-electron chi connectivity index (χ4n) is 6.88. The molecule has 2 bridgehead atoms. The molecular formula is C21H28NO4+. The van der Waals surface area contributed by atoms with Crippen LogP contribution in [0.1, 0.15) is 44.2 Å². The van der Waals surface area contributed by atoms with Crippen molar-refractivity contribution in [3.8, 4) is 11.5 Å². The third-order valence-electron chi connectivity index (χ3n) is 7.69. The van der Waals surface area contributed by atoms with Crippen LogP contribution in [0.2, 0.25) is 0 Å². The first-order chi connectivity index (χ1) is 12.2. The van der Waals surface area contributed by atoms with Gasteiger partial charge in [0.1, 0.15) is 11.6 Å². The lowest BCUT2D eigenvalue weighted by molar-refractivity contribution is -0.951. The van der Waals surface area contributed by atoms with Gasteiger partial charge in [-0.15, -0.1) is 0 Å². The van der Waals surface area contributed by atoms with Gasteiger partial charge in [0.05, 0.1) is 25.6 Å². The van der Waals surface area contributed by atoms with E-state index in [1.54, 1.807) is 6.07 Å². The van der Waals surface area contributed by atoms with Crippen molar-refractivity contribution in [1.82, 2.24) is 0 Å². The van der Waals surface area contributed by atoms with Crippen LogP contribution >= 0.6 is 0 Å². The highest BCUT2D eigenvalue weighted by molar-refractivity contribution is 5.90. The van der Waals surface area contributed by atoms with Crippen molar-refractivity contribution < 1.29 is 24.2 Å². The molecule has 1 saturated heterocycles. The van der Waals surface area contributed by atoms with Crippen LogP contribution in [0.25, 0.3) is 0 Å². The highest BCUT2D eigenvalue weighted by Gasteiger charge is 2.76. The number of hydrogen-bond acceptors (Lipinski definition) is 4. The minimum Gasteiger partial charge on any atom is -0.504 e. The maximum absolute atomic E-state index is 12.8. The van der Waals surface area contributed by atoms with E-state index in [2.05, 4.69) is 20.9 Å². The number of aliphatic hydroxyl groups is 1. The molecule has 2 heterocycles. The maximum Gasteiger partial charge on any atom is 0.174 e. The zero-order valence-corrected chi connectivity index (χ0v) is 15.8. The number of phenolic OH excluding ortho intramolecular Hbond substituents is 1. The van der Waals surface area contributed by atoms with Crippen LogP contribution < -0.4 is 4.74 Å². The average Bonchev–Trinajstić information content (AvgIpc) is 2.92. The summed E-state index contributed by atoms with van der Waals surface area (Å²) in [6.07, 6.45) is 1.69. The fourth-order valence-corrected chi connectivity index (χ4v) is 6.88. The first-order valence-electron chi connectivity index (χ1n) is 9.84. The SMILES string of the molecule is CC(C)C[N+]1(C)CC[C@]23c4c5ccc(O)c4O[C@H]2C(=O)CCC3(O)[C@H]1C5. The van der Waals surface area contributed by atoms with Crippen molar-refractivity contribution in [3.63, 3.8) is 0 Å². The topological polar surface area (TPSA) is 66.8 Å². The normalized spacial score (nSPS) is 42.6. The van der Waals surface area contributed by atoms with Crippen molar-refractivity contribution in [1.29, 1.82) is 0 Å². The molecule has 2 N–H and O–H groups in total. The Morgan fingerprint density at radius 2 is 2.12 bits per heavy atom. The van der Waals surface area contributed by atoms with E-state index in [1.807, 2.05) is 6.07 Å². The molecule has 5 nitrogen and oxygen atoms in total. The van der Waals surface area contributed by atoms with Crippen LogP contribution in [-0.2, 0) is 16.6 Å². The van der Waals surface area contributed by atoms with Crippen LogP contribution in [0, 0.1) is 5.92 Å². The molecule has 4 aliphatic rings. The smallest absolute Gasteiger partial charge is 0.174 e. The molecule has 2 aliphatic carbocycles. The molecule has 0 aromatic heterocycles. The lowest BCUT2D eigenvalue weighted by Gasteiger charge is -2.64. The number of benzene rings is 1. The van der Waals surface area contributed by atoms with Gasteiger partial charge in [-0.2, -0.15) is 0 Å². The maximum atomic E-state index is 12.8. The van der Waals surface area contributed by atoms with Gasteiger partial charge in [0, 0.05) is 30.7 Å². The summed E-state index contributed by atoms with van der Waals surface area (Å²) in [5, 5.41) is 22.5. The molecule has 2 unspecified atom stereocenters. The van der Waals surface area contributed by atoms with Gasteiger partial charge in [-0.3, -0.25) is 4.79 Å². The van der Waals surface area contributed by atoms with E-state index in [9.17, 15) is 15.0 Å². The van der Waals surface area contributed by atoms with Gasteiger partial charge in [0.15, 0.2) is 23.4 Å². The molecule has 0 amide bonds. The molecule has 5 rings (SSSR count). The van der Waals surface area contributed by atoms with Gasteiger partial charge in [-0.05, 0) is 18.1 Å². The van der Waals surface area contributed by atoms with Gasteiger partial charge >= 0.3 is 0 Å². The summed E-state index contributed by atoms with van der Waals surface area (Å²) in [5.74, 6) is 1.14. The first kappa shape index (κ1) is 16.6. The number of likely N-dealkylation sites (tertiary alicyclic amines) is 1. The third kappa shape index (κ3) is 1.67.